The Balaban J connectivity index is 2.60. The molecule has 2 rings (SSSR count). The van der Waals surface area contributed by atoms with E-state index in [1.54, 1.807) is 11.8 Å². The van der Waals surface area contributed by atoms with E-state index in [4.69, 9.17) is 0 Å². The molecule has 0 aliphatic carbocycles. The second-order valence-corrected chi connectivity index (χ2v) is 3.90. The van der Waals surface area contributed by atoms with Crippen LogP contribution in [0, 0.1) is 0 Å². The van der Waals surface area contributed by atoms with E-state index >= 15 is 0 Å². The van der Waals surface area contributed by atoms with Gasteiger partial charge in [0.05, 0.1) is 5.52 Å². The summed E-state index contributed by atoms with van der Waals surface area (Å²) in [5.74, 6) is 0.709. The highest BCUT2D eigenvalue weighted by atomic mass is 32.2. The number of rotatable bonds is 3. The van der Waals surface area contributed by atoms with Gasteiger partial charge in [0.2, 0.25) is 5.95 Å². The average Bonchev–Trinajstić information content (AvgIpc) is 2.28. The topological polar surface area (TPSA) is 37.8 Å². The summed E-state index contributed by atoms with van der Waals surface area (Å²) in [7, 11) is 0. The third-order valence-corrected chi connectivity index (χ3v) is 2.79. The van der Waals surface area contributed by atoms with E-state index in [9.17, 15) is 0 Å². The van der Waals surface area contributed by atoms with Crippen molar-refractivity contribution in [2.45, 2.75) is 11.9 Å². The number of para-hydroxylation sites is 1. The number of benzene rings is 1. The Morgan fingerprint density at radius 1 is 1.27 bits per heavy atom. The van der Waals surface area contributed by atoms with Crippen LogP contribution in [0.15, 0.2) is 29.3 Å². The molecule has 3 nitrogen and oxygen atoms in total. The largest absolute Gasteiger partial charge is 0.354 e. The first-order valence-corrected chi connectivity index (χ1v) is 6.12. The van der Waals surface area contributed by atoms with Gasteiger partial charge in [-0.3, -0.25) is 0 Å². The van der Waals surface area contributed by atoms with Crippen LogP contribution in [0.2, 0.25) is 0 Å². The van der Waals surface area contributed by atoms with E-state index < -0.39 is 0 Å². The smallest absolute Gasteiger partial charge is 0.224 e. The SMILES string of the molecule is CCNc1nc(SC)c2ccccc2n1. The van der Waals surface area contributed by atoms with Gasteiger partial charge in [-0.15, -0.1) is 11.8 Å². The fourth-order valence-electron chi connectivity index (χ4n) is 1.44. The molecule has 1 aromatic heterocycles. The number of hydrogen-bond acceptors (Lipinski definition) is 4. The molecular weight excluding hydrogens is 206 g/mol. The Morgan fingerprint density at radius 2 is 2.07 bits per heavy atom. The van der Waals surface area contributed by atoms with Crippen LogP contribution in [0.4, 0.5) is 5.95 Å². The lowest BCUT2D eigenvalue weighted by molar-refractivity contribution is 1.05. The first-order valence-electron chi connectivity index (χ1n) is 4.89. The van der Waals surface area contributed by atoms with Gasteiger partial charge in [0.1, 0.15) is 5.03 Å². The van der Waals surface area contributed by atoms with E-state index in [0.29, 0.717) is 5.95 Å². The number of anilines is 1. The Morgan fingerprint density at radius 3 is 2.80 bits per heavy atom. The van der Waals surface area contributed by atoms with E-state index in [1.807, 2.05) is 31.4 Å². The molecule has 4 heteroatoms. The van der Waals surface area contributed by atoms with Crippen molar-refractivity contribution < 1.29 is 0 Å². The fraction of sp³-hybridized carbons (Fsp3) is 0.273. The molecule has 0 bridgehead atoms. The standard InChI is InChI=1S/C11H13N3S/c1-3-12-11-13-9-7-5-4-6-8(9)10(14-11)15-2/h4-7H,3H2,1-2H3,(H,12,13,14). The maximum Gasteiger partial charge on any atom is 0.224 e. The van der Waals surface area contributed by atoms with E-state index in [1.165, 1.54) is 0 Å². The van der Waals surface area contributed by atoms with Gasteiger partial charge in [0.25, 0.3) is 0 Å². The lowest BCUT2D eigenvalue weighted by Crippen LogP contribution is -2.02. The molecule has 0 radical (unpaired) electrons. The van der Waals surface area contributed by atoms with Gasteiger partial charge in [0, 0.05) is 11.9 Å². The van der Waals surface area contributed by atoms with Crippen LogP contribution in [0.5, 0.6) is 0 Å². The predicted molar refractivity (Wildman–Crippen MR) is 65.5 cm³/mol. The highest BCUT2D eigenvalue weighted by Crippen LogP contribution is 2.24. The van der Waals surface area contributed by atoms with Crippen molar-refractivity contribution in [2.24, 2.45) is 0 Å². The monoisotopic (exact) mass is 219 g/mol. The number of aromatic nitrogens is 2. The van der Waals surface area contributed by atoms with Crippen LogP contribution in [-0.4, -0.2) is 22.8 Å². The summed E-state index contributed by atoms with van der Waals surface area (Å²) >= 11 is 1.65. The minimum atomic E-state index is 0.709. The summed E-state index contributed by atoms with van der Waals surface area (Å²) in [4.78, 5) is 8.89. The summed E-state index contributed by atoms with van der Waals surface area (Å²) in [5.41, 5.74) is 0.993. The van der Waals surface area contributed by atoms with Crippen molar-refractivity contribution in [1.29, 1.82) is 0 Å². The Kier molecular flexibility index (Phi) is 3.06. The van der Waals surface area contributed by atoms with Crippen molar-refractivity contribution in [2.75, 3.05) is 18.1 Å². The Hall–Kier alpha value is -1.29. The minimum Gasteiger partial charge on any atom is -0.354 e. The second kappa shape index (κ2) is 4.49. The van der Waals surface area contributed by atoms with Crippen LogP contribution in [-0.2, 0) is 0 Å². The molecule has 0 saturated heterocycles. The molecule has 1 aromatic carbocycles. The number of fused-ring (bicyclic) bond motifs is 1. The maximum absolute atomic E-state index is 4.45. The van der Waals surface area contributed by atoms with Gasteiger partial charge in [-0.05, 0) is 19.2 Å². The van der Waals surface area contributed by atoms with Crippen LogP contribution in [0.1, 0.15) is 6.92 Å². The highest BCUT2D eigenvalue weighted by molar-refractivity contribution is 7.98. The molecule has 0 amide bonds. The molecule has 0 spiro atoms. The number of nitrogens with one attached hydrogen (secondary N) is 1. The van der Waals surface area contributed by atoms with Crippen LogP contribution >= 0.6 is 11.8 Å². The molecule has 2 aromatic rings. The minimum absolute atomic E-state index is 0.709. The lowest BCUT2D eigenvalue weighted by Gasteiger charge is -2.06. The maximum atomic E-state index is 4.45. The average molecular weight is 219 g/mol. The predicted octanol–water partition coefficient (Wildman–Crippen LogP) is 2.78. The molecule has 0 aliphatic rings. The first kappa shape index (κ1) is 10.2. The molecular formula is C11H13N3S. The second-order valence-electron chi connectivity index (χ2n) is 3.10. The molecule has 0 fully saturated rings. The third-order valence-electron chi connectivity index (χ3n) is 2.10. The Bertz CT molecular complexity index is 470. The zero-order valence-corrected chi connectivity index (χ0v) is 9.64. The van der Waals surface area contributed by atoms with Crippen molar-refractivity contribution in [1.82, 2.24) is 9.97 Å². The first-order chi connectivity index (χ1) is 7.35. The Labute approximate surface area is 93.3 Å². The van der Waals surface area contributed by atoms with E-state index in [2.05, 4.69) is 21.4 Å². The van der Waals surface area contributed by atoms with Crippen LogP contribution in [0.25, 0.3) is 10.9 Å². The number of hydrogen-bond donors (Lipinski definition) is 1. The summed E-state index contributed by atoms with van der Waals surface area (Å²) in [6.45, 7) is 2.88. The lowest BCUT2D eigenvalue weighted by atomic mass is 10.2. The van der Waals surface area contributed by atoms with E-state index in [0.717, 1.165) is 22.5 Å². The number of nitrogens with zero attached hydrogens (tertiary/aromatic N) is 2. The van der Waals surface area contributed by atoms with Gasteiger partial charge in [-0.25, -0.2) is 9.97 Å². The van der Waals surface area contributed by atoms with Crippen molar-refractivity contribution in [3.05, 3.63) is 24.3 Å². The zero-order valence-electron chi connectivity index (χ0n) is 8.82. The zero-order chi connectivity index (χ0) is 10.7. The number of thioether (sulfide) groups is 1. The van der Waals surface area contributed by atoms with Crippen molar-refractivity contribution in [3.63, 3.8) is 0 Å². The molecule has 0 aliphatic heterocycles. The normalized spacial score (nSPS) is 10.5. The summed E-state index contributed by atoms with van der Waals surface area (Å²) in [6, 6.07) is 8.07. The molecule has 0 saturated carbocycles. The molecule has 0 unspecified atom stereocenters. The molecule has 78 valence electrons. The van der Waals surface area contributed by atoms with Gasteiger partial charge in [-0.1, -0.05) is 18.2 Å². The summed E-state index contributed by atoms with van der Waals surface area (Å²) in [5, 5.41) is 5.28. The highest BCUT2D eigenvalue weighted by Gasteiger charge is 2.04. The van der Waals surface area contributed by atoms with Gasteiger partial charge in [0.15, 0.2) is 0 Å². The van der Waals surface area contributed by atoms with E-state index in [-0.39, 0.29) is 0 Å². The van der Waals surface area contributed by atoms with Crippen LogP contribution < -0.4 is 5.32 Å². The molecule has 15 heavy (non-hydrogen) atoms. The molecule has 0 atom stereocenters. The fourth-order valence-corrected chi connectivity index (χ4v) is 2.01. The van der Waals surface area contributed by atoms with Gasteiger partial charge >= 0.3 is 0 Å². The third kappa shape index (κ3) is 2.04. The summed E-state index contributed by atoms with van der Waals surface area (Å²) < 4.78 is 0. The summed E-state index contributed by atoms with van der Waals surface area (Å²) in [6.07, 6.45) is 2.03. The molecule has 1 N–H and O–H groups in total. The van der Waals surface area contributed by atoms with Crippen molar-refractivity contribution in [3.8, 4) is 0 Å². The quantitative estimate of drug-likeness (QED) is 0.636. The molecule has 1 heterocycles. The van der Waals surface area contributed by atoms with Gasteiger partial charge < -0.3 is 5.32 Å². The van der Waals surface area contributed by atoms with Crippen LogP contribution in [0.3, 0.4) is 0 Å². The van der Waals surface area contributed by atoms with Crippen molar-refractivity contribution >= 4 is 28.6 Å². The van der Waals surface area contributed by atoms with Gasteiger partial charge in [-0.2, -0.15) is 0 Å².